The smallest absolute Gasteiger partial charge is 0.313 e. The average molecular weight is 388 g/mol. The molecule has 2 aliphatic heterocycles. The van der Waals surface area contributed by atoms with Crippen molar-refractivity contribution < 1.29 is 9.59 Å². The topological polar surface area (TPSA) is 52.7 Å². The molecule has 0 radical (unpaired) electrons. The Balaban J connectivity index is 0.00000210. The van der Waals surface area contributed by atoms with Crippen molar-refractivity contribution in [2.45, 2.75) is 38.3 Å². The van der Waals surface area contributed by atoms with Crippen LogP contribution in [0.15, 0.2) is 42.5 Å². The van der Waals surface area contributed by atoms with Crippen LogP contribution in [0, 0.1) is 0 Å². The lowest BCUT2D eigenvalue weighted by Crippen LogP contribution is -2.34. The zero-order valence-electron chi connectivity index (χ0n) is 15.4. The molecule has 0 aliphatic carbocycles. The number of nitrogens with zero attached hydrogens (tertiary/aromatic N) is 2. The normalized spacial score (nSPS) is 18.9. The van der Waals surface area contributed by atoms with Crippen LogP contribution < -0.4 is 5.32 Å². The minimum absolute atomic E-state index is 0. The van der Waals surface area contributed by atoms with Gasteiger partial charge in [0.15, 0.2) is 0 Å². The van der Waals surface area contributed by atoms with Gasteiger partial charge in [-0.2, -0.15) is 0 Å². The summed E-state index contributed by atoms with van der Waals surface area (Å²) in [5.74, 6) is 0.0108. The van der Waals surface area contributed by atoms with Crippen LogP contribution in [0.4, 0.5) is 4.79 Å². The Labute approximate surface area is 166 Å². The lowest BCUT2D eigenvalue weighted by molar-refractivity contribution is -0.128. The molecule has 0 aromatic heterocycles. The minimum Gasteiger partial charge on any atom is -0.313 e. The maximum absolute atomic E-state index is 12.3. The zero-order valence-corrected chi connectivity index (χ0v) is 16.2. The van der Waals surface area contributed by atoms with Gasteiger partial charge < -0.3 is 10.2 Å². The third-order valence-corrected chi connectivity index (χ3v) is 5.41. The lowest BCUT2D eigenvalue weighted by atomic mass is 10.1. The van der Waals surface area contributed by atoms with E-state index in [-0.39, 0.29) is 30.4 Å². The Morgan fingerprint density at radius 3 is 2.67 bits per heavy atom. The Kier molecular flexibility index (Phi) is 6.34. The maximum Gasteiger partial charge on any atom is 0.327 e. The van der Waals surface area contributed by atoms with Crippen molar-refractivity contribution in [3.63, 3.8) is 0 Å². The van der Waals surface area contributed by atoms with E-state index in [2.05, 4.69) is 47.8 Å². The largest absolute Gasteiger partial charge is 0.327 e. The Bertz CT molecular complexity index is 804. The van der Waals surface area contributed by atoms with Crippen LogP contribution in [0.25, 0.3) is 10.8 Å². The fraction of sp³-hybridized carbons (Fsp3) is 0.429. The highest BCUT2D eigenvalue weighted by Gasteiger charge is 2.46. The van der Waals surface area contributed by atoms with Crippen LogP contribution in [0.2, 0.25) is 0 Å². The van der Waals surface area contributed by atoms with Crippen molar-refractivity contribution >= 4 is 35.1 Å². The van der Waals surface area contributed by atoms with Crippen molar-refractivity contribution in [2.75, 3.05) is 19.6 Å². The van der Waals surface area contributed by atoms with Crippen molar-refractivity contribution in [2.24, 2.45) is 0 Å². The van der Waals surface area contributed by atoms with Crippen LogP contribution in [0.5, 0.6) is 0 Å². The van der Waals surface area contributed by atoms with Crippen LogP contribution in [-0.4, -0.2) is 47.4 Å². The molecule has 2 heterocycles. The summed E-state index contributed by atoms with van der Waals surface area (Å²) in [4.78, 5) is 27.7. The van der Waals surface area contributed by atoms with Crippen molar-refractivity contribution in [1.82, 2.24) is 15.1 Å². The van der Waals surface area contributed by atoms with Gasteiger partial charge in [-0.05, 0) is 54.6 Å². The van der Waals surface area contributed by atoms with Gasteiger partial charge in [0, 0.05) is 19.6 Å². The molecule has 4 rings (SSSR count). The third-order valence-electron chi connectivity index (χ3n) is 5.41. The average Bonchev–Trinajstić information content (AvgIpc) is 3.23. The van der Waals surface area contributed by atoms with E-state index in [4.69, 9.17) is 0 Å². The molecule has 27 heavy (non-hydrogen) atoms. The minimum atomic E-state index is -0.173. The summed E-state index contributed by atoms with van der Waals surface area (Å²) < 4.78 is 0. The number of amides is 3. The Morgan fingerprint density at radius 2 is 1.85 bits per heavy atom. The predicted molar refractivity (Wildman–Crippen MR) is 109 cm³/mol. The van der Waals surface area contributed by atoms with E-state index < -0.39 is 0 Å². The van der Waals surface area contributed by atoms with E-state index in [1.54, 1.807) is 4.90 Å². The molecule has 0 saturated carbocycles. The van der Waals surface area contributed by atoms with Gasteiger partial charge in [0.2, 0.25) is 0 Å². The summed E-state index contributed by atoms with van der Waals surface area (Å²) >= 11 is 0. The number of imide groups is 1. The summed E-state index contributed by atoms with van der Waals surface area (Å²) in [5, 5.41) is 5.98. The molecule has 2 aromatic carbocycles. The molecule has 3 amide bonds. The fourth-order valence-corrected chi connectivity index (χ4v) is 3.99. The Morgan fingerprint density at radius 1 is 1.04 bits per heavy atom. The second kappa shape index (κ2) is 8.72. The first-order valence-corrected chi connectivity index (χ1v) is 9.54. The van der Waals surface area contributed by atoms with Crippen molar-refractivity contribution in [3.8, 4) is 0 Å². The highest BCUT2D eigenvalue weighted by atomic mass is 35.5. The molecule has 2 aliphatic rings. The van der Waals surface area contributed by atoms with Crippen LogP contribution in [-0.2, 0) is 11.3 Å². The van der Waals surface area contributed by atoms with Crippen LogP contribution in [0.1, 0.15) is 31.2 Å². The van der Waals surface area contributed by atoms with E-state index >= 15 is 0 Å². The van der Waals surface area contributed by atoms with Gasteiger partial charge in [-0.3, -0.25) is 9.69 Å². The SMILES string of the molecule is Cl.O=C1C2CCCN2C(=O)N1CCCCNCc1ccc2ccccc2c1. The van der Waals surface area contributed by atoms with Gasteiger partial charge in [0.05, 0.1) is 0 Å². The summed E-state index contributed by atoms with van der Waals surface area (Å²) in [5.41, 5.74) is 1.27. The molecule has 1 N–H and O–H groups in total. The van der Waals surface area contributed by atoms with Crippen molar-refractivity contribution in [3.05, 3.63) is 48.0 Å². The molecule has 2 fully saturated rings. The fourth-order valence-electron chi connectivity index (χ4n) is 3.99. The number of carbonyl (C=O) groups excluding carboxylic acids is 2. The monoisotopic (exact) mass is 387 g/mol. The second-order valence-electron chi connectivity index (χ2n) is 7.19. The molecule has 0 bridgehead atoms. The molecule has 6 heteroatoms. The lowest BCUT2D eigenvalue weighted by Gasteiger charge is -2.15. The number of fused-ring (bicyclic) bond motifs is 2. The third kappa shape index (κ3) is 4.09. The first kappa shape index (κ1) is 19.6. The van der Waals surface area contributed by atoms with Gasteiger partial charge in [-0.15, -0.1) is 12.4 Å². The zero-order chi connectivity index (χ0) is 17.9. The maximum atomic E-state index is 12.3. The number of rotatable bonds is 7. The first-order valence-electron chi connectivity index (χ1n) is 9.54. The Hall–Kier alpha value is -2.11. The molecular weight excluding hydrogens is 362 g/mol. The standard InChI is InChI=1S/C21H25N3O2.ClH/c25-20-19-8-5-13-23(19)21(26)24(20)12-4-3-11-22-15-16-9-10-17-6-1-2-7-18(17)14-16;/h1-2,6-7,9-10,14,19,22H,3-5,8,11-13,15H2;1H. The molecule has 0 spiro atoms. The number of unbranched alkanes of at least 4 members (excludes halogenated alkanes) is 1. The number of urea groups is 1. The predicted octanol–water partition coefficient (Wildman–Crippen LogP) is 3.56. The van der Waals surface area contributed by atoms with E-state index in [9.17, 15) is 9.59 Å². The quantitative estimate of drug-likeness (QED) is 0.583. The first-order chi connectivity index (χ1) is 12.7. The van der Waals surface area contributed by atoms with E-state index in [1.165, 1.54) is 21.2 Å². The molecule has 5 nitrogen and oxygen atoms in total. The van der Waals surface area contributed by atoms with Gasteiger partial charge in [-0.25, -0.2) is 4.79 Å². The number of nitrogens with one attached hydrogen (secondary N) is 1. The number of halogens is 1. The van der Waals surface area contributed by atoms with Crippen LogP contribution in [0.3, 0.4) is 0 Å². The highest BCUT2D eigenvalue weighted by molar-refractivity contribution is 6.04. The summed E-state index contributed by atoms with van der Waals surface area (Å²) in [7, 11) is 0. The number of hydrogen-bond acceptors (Lipinski definition) is 3. The van der Waals surface area contributed by atoms with E-state index in [0.717, 1.165) is 45.3 Å². The van der Waals surface area contributed by atoms with Crippen LogP contribution >= 0.6 is 12.4 Å². The summed E-state index contributed by atoms with van der Waals surface area (Å²) in [6.07, 6.45) is 3.58. The molecule has 2 aromatic rings. The van der Waals surface area contributed by atoms with Gasteiger partial charge >= 0.3 is 6.03 Å². The number of carbonyl (C=O) groups is 2. The molecule has 144 valence electrons. The molecule has 2 saturated heterocycles. The van der Waals surface area contributed by atoms with E-state index in [0.29, 0.717) is 6.54 Å². The summed E-state index contributed by atoms with van der Waals surface area (Å²) in [6.45, 7) is 3.00. The van der Waals surface area contributed by atoms with E-state index in [1.807, 2.05) is 0 Å². The molecule has 1 atom stereocenters. The van der Waals surface area contributed by atoms with Gasteiger partial charge in [0.1, 0.15) is 6.04 Å². The highest BCUT2D eigenvalue weighted by Crippen LogP contribution is 2.27. The number of benzene rings is 2. The second-order valence-corrected chi connectivity index (χ2v) is 7.19. The molecular formula is C21H26ClN3O2. The molecule has 1 unspecified atom stereocenters. The van der Waals surface area contributed by atoms with Gasteiger partial charge in [-0.1, -0.05) is 36.4 Å². The summed E-state index contributed by atoms with van der Waals surface area (Å²) in [6, 6.07) is 14.7. The number of hydrogen-bond donors (Lipinski definition) is 1. The van der Waals surface area contributed by atoms with Gasteiger partial charge in [0.25, 0.3) is 5.91 Å². The van der Waals surface area contributed by atoms with Crippen molar-refractivity contribution in [1.29, 1.82) is 0 Å².